The largest absolute Gasteiger partial charge is 0.459 e. The van der Waals surface area contributed by atoms with E-state index in [4.69, 9.17) is 4.74 Å². The first-order valence-corrected chi connectivity index (χ1v) is 8.24. The predicted molar refractivity (Wildman–Crippen MR) is 84.8 cm³/mol. The summed E-state index contributed by atoms with van der Waals surface area (Å²) < 4.78 is 5.55. The molecule has 0 N–H and O–H groups in total. The monoisotopic (exact) mass is 300 g/mol. The van der Waals surface area contributed by atoms with Crippen molar-refractivity contribution < 1.29 is 14.3 Å². The van der Waals surface area contributed by atoms with Crippen molar-refractivity contribution in [3.8, 4) is 0 Å². The van der Waals surface area contributed by atoms with Gasteiger partial charge in [-0.1, -0.05) is 37.1 Å². The Morgan fingerprint density at radius 2 is 1.82 bits per heavy atom. The lowest BCUT2D eigenvalue weighted by atomic mass is 9.62. The molecule has 0 aromatic heterocycles. The van der Waals surface area contributed by atoms with Gasteiger partial charge in [0.1, 0.15) is 11.5 Å². The van der Waals surface area contributed by atoms with Gasteiger partial charge < -0.3 is 4.74 Å². The Labute approximate surface area is 132 Å². The summed E-state index contributed by atoms with van der Waals surface area (Å²) in [5, 5.41) is 0. The van der Waals surface area contributed by atoms with Crippen LogP contribution < -0.4 is 0 Å². The highest BCUT2D eigenvalue weighted by molar-refractivity contribution is 6.11. The van der Waals surface area contributed by atoms with Crippen LogP contribution in [0.25, 0.3) is 0 Å². The van der Waals surface area contributed by atoms with Crippen LogP contribution in [0, 0.1) is 11.8 Å². The summed E-state index contributed by atoms with van der Waals surface area (Å²) in [5.74, 6) is -0.595. The molecule has 1 aromatic carbocycles. The number of ether oxygens (including phenoxy) is 1. The molecule has 3 rings (SSSR count). The molecule has 1 fully saturated rings. The topological polar surface area (TPSA) is 43.4 Å². The van der Waals surface area contributed by atoms with E-state index in [1.165, 1.54) is 6.42 Å². The Hall–Kier alpha value is -1.64. The summed E-state index contributed by atoms with van der Waals surface area (Å²) >= 11 is 0. The third-order valence-corrected chi connectivity index (χ3v) is 4.82. The van der Waals surface area contributed by atoms with Gasteiger partial charge in [0.25, 0.3) is 0 Å². The SMILES string of the molecule is CC(C)(C)OC(=O)C1C(=O)c2ccccc2[C@@H]2CCCC[C@H]12. The summed E-state index contributed by atoms with van der Waals surface area (Å²) in [7, 11) is 0. The van der Waals surface area contributed by atoms with Crippen molar-refractivity contribution in [2.75, 3.05) is 0 Å². The van der Waals surface area contributed by atoms with Crippen molar-refractivity contribution in [1.82, 2.24) is 0 Å². The molecule has 0 spiro atoms. The molecular formula is C19H24O3. The number of esters is 1. The maximum absolute atomic E-state index is 12.9. The van der Waals surface area contributed by atoms with E-state index in [1.54, 1.807) is 0 Å². The minimum Gasteiger partial charge on any atom is -0.459 e. The number of fused-ring (bicyclic) bond motifs is 3. The van der Waals surface area contributed by atoms with Crippen molar-refractivity contribution in [2.24, 2.45) is 11.8 Å². The lowest BCUT2D eigenvalue weighted by Crippen LogP contribution is -2.43. The second-order valence-corrected chi connectivity index (χ2v) is 7.52. The fourth-order valence-corrected chi connectivity index (χ4v) is 4.00. The van der Waals surface area contributed by atoms with Gasteiger partial charge in [0.2, 0.25) is 0 Å². The lowest BCUT2D eigenvalue weighted by Gasteiger charge is -2.41. The average molecular weight is 300 g/mol. The van der Waals surface area contributed by atoms with Crippen LogP contribution in [0.15, 0.2) is 24.3 Å². The third kappa shape index (κ3) is 2.69. The minimum atomic E-state index is -0.626. The molecule has 2 aliphatic rings. The molecule has 0 saturated heterocycles. The molecule has 3 nitrogen and oxygen atoms in total. The highest BCUT2D eigenvalue weighted by atomic mass is 16.6. The second kappa shape index (κ2) is 5.53. The number of benzene rings is 1. The molecule has 3 heteroatoms. The molecule has 22 heavy (non-hydrogen) atoms. The van der Waals surface area contributed by atoms with Crippen molar-refractivity contribution in [3.05, 3.63) is 35.4 Å². The van der Waals surface area contributed by atoms with Crippen LogP contribution in [-0.4, -0.2) is 17.4 Å². The van der Waals surface area contributed by atoms with E-state index in [2.05, 4.69) is 6.07 Å². The highest BCUT2D eigenvalue weighted by Crippen LogP contribution is 2.48. The number of Topliss-reactive ketones (excluding diaryl/α,β-unsaturated/α-hetero) is 1. The summed E-state index contributed by atoms with van der Waals surface area (Å²) in [6, 6.07) is 7.79. The smallest absolute Gasteiger partial charge is 0.317 e. The van der Waals surface area contributed by atoms with Gasteiger partial charge >= 0.3 is 5.97 Å². The molecule has 1 saturated carbocycles. The molecule has 0 heterocycles. The van der Waals surface area contributed by atoms with Gasteiger partial charge in [-0.2, -0.15) is 0 Å². The fourth-order valence-electron chi connectivity index (χ4n) is 4.00. The zero-order chi connectivity index (χ0) is 15.9. The van der Waals surface area contributed by atoms with Crippen LogP contribution in [-0.2, 0) is 9.53 Å². The molecule has 2 aliphatic carbocycles. The van der Waals surface area contributed by atoms with Gasteiger partial charge in [0.05, 0.1) is 0 Å². The van der Waals surface area contributed by atoms with Gasteiger partial charge in [0, 0.05) is 5.56 Å². The molecule has 1 unspecified atom stereocenters. The molecular weight excluding hydrogens is 276 g/mol. The number of hydrogen-bond acceptors (Lipinski definition) is 3. The molecule has 1 aromatic rings. The van der Waals surface area contributed by atoms with Gasteiger partial charge in [-0.15, -0.1) is 0 Å². The van der Waals surface area contributed by atoms with Crippen molar-refractivity contribution in [2.45, 2.75) is 58.0 Å². The number of carbonyl (C=O) groups is 2. The summed E-state index contributed by atoms with van der Waals surface area (Å²) in [6.07, 6.45) is 4.27. The van der Waals surface area contributed by atoms with E-state index in [9.17, 15) is 9.59 Å². The van der Waals surface area contributed by atoms with Crippen LogP contribution in [0.3, 0.4) is 0 Å². The highest BCUT2D eigenvalue weighted by Gasteiger charge is 2.47. The van der Waals surface area contributed by atoms with Crippen LogP contribution in [0.4, 0.5) is 0 Å². The Bertz CT molecular complexity index is 597. The maximum Gasteiger partial charge on any atom is 0.317 e. The van der Waals surface area contributed by atoms with E-state index >= 15 is 0 Å². The van der Waals surface area contributed by atoms with Crippen molar-refractivity contribution in [1.29, 1.82) is 0 Å². The maximum atomic E-state index is 12.9. The average Bonchev–Trinajstić information content (AvgIpc) is 2.46. The minimum absolute atomic E-state index is 0.0481. The van der Waals surface area contributed by atoms with Gasteiger partial charge in [-0.25, -0.2) is 0 Å². The summed E-state index contributed by atoms with van der Waals surface area (Å²) in [6.45, 7) is 5.56. The van der Waals surface area contributed by atoms with Gasteiger partial charge in [0.15, 0.2) is 5.78 Å². The first kappa shape index (κ1) is 15.3. The Balaban J connectivity index is 2.00. The van der Waals surface area contributed by atoms with E-state index in [0.29, 0.717) is 5.92 Å². The molecule has 0 aliphatic heterocycles. The van der Waals surface area contributed by atoms with E-state index in [1.807, 2.05) is 39.0 Å². The van der Waals surface area contributed by atoms with E-state index < -0.39 is 11.5 Å². The number of hydrogen-bond donors (Lipinski definition) is 0. The number of ketones is 1. The molecule has 0 amide bonds. The summed E-state index contributed by atoms with van der Waals surface area (Å²) in [5.41, 5.74) is 1.30. The van der Waals surface area contributed by atoms with Crippen molar-refractivity contribution in [3.63, 3.8) is 0 Å². The predicted octanol–water partition coefficient (Wildman–Crippen LogP) is 4.11. The number of carbonyl (C=O) groups excluding carboxylic acids is 2. The summed E-state index contributed by atoms with van der Waals surface area (Å²) in [4.78, 5) is 25.5. The normalized spacial score (nSPS) is 27.8. The first-order chi connectivity index (χ1) is 10.4. The fraction of sp³-hybridized carbons (Fsp3) is 0.579. The Kier molecular flexibility index (Phi) is 3.84. The lowest BCUT2D eigenvalue weighted by molar-refractivity contribution is -0.160. The van der Waals surface area contributed by atoms with Crippen LogP contribution in [0.1, 0.15) is 68.3 Å². The zero-order valence-corrected chi connectivity index (χ0v) is 13.6. The third-order valence-electron chi connectivity index (χ3n) is 4.82. The van der Waals surface area contributed by atoms with Crippen LogP contribution >= 0.6 is 0 Å². The Morgan fingerprint density at radius 3 is 2.55 bits per heavy atom. The first-order valence-electron chi connectivity index (χ1n) is 8.24. The quantitative estimate of drug-likeness (QED) is 0.579. The van der Waals surface area contributed by atoms with Crippen LogP contribution in [0.2, 0.25) is 0 Å². The molecule has 0 bridgehead atoms. The second-order valence-electron chi connectivity index (χ2n) is 7.52. The van der Waals surface area contributed by atoms with Crippen molar-refractivity contribution >= 4 is 11.8 Å². The Morgan fingerprint density at radius 1 is 1.14 bits per heavy atom. The molecule has 0 radical (unpaired) electrons. The molecule has 118 valence electrons. The van der Waals surface area contributed by atoms with Crippen LogP contribution in [0.5, 0.6) is 0 Å². The van der Waals surface area contributed by atoms with Gasteiger partial charge in [-0.05, 0) is 51.0 Å². The van der Waals surface area contributed by atoms with Gasteiger partial charge in [-0.3, -0.25) is 9.59 Å². The van der Waals surface area contributed by atoms with E-state index in [0.717, 1.165) is 30.4 Å². The van der Waals surface area contributed by atoms with E-state index in [-0.39, 0.29) is 17.7 Å². The standard InChI is InChI=1S/C19H24O3/c1-19(2,3)22-18(21)16-14-10-6-4-8-12(14)13-9-5-7-11-15(13)17(16)20/h5,7,9,11-12,14,16H,4,6,8,10H2,1-3H3/t12-,14-,16?/m0/s1. The number of rotatable bonds is 1. The molecule has 3 atom stereocenters. The zero-order valence-electron chi connectivity index (χ0n) is 13.6.